The Morgan fingerprint density at radius 2 is 2.00 bits per heavy atom. The number of anilines is 1. The van der Waals surface area contributed by atoms with Crippen molar-refractivity contribution in [1.29, 1.82) is 0 Å². The Labute approximate surface area is 174 Å². The van der Waals surface area contributed by atoms with Crippen LogP contribution >= 0.6 is 0 Å². The van der Waals surface area contributed by atoms with E-state index in [0.29, 0.717) is 11.2 Å². The molecule has 31 heavy (non-hydrogen) atoms. The number of hydrogen-bond donors (Lipinski definition) is 4. The summed E-state index contributed by atoms with van der Waals surface area (Å²) in [5.74, 6) is -1.19. The van der Waals surface area contributed by atoms with E-state index in [9.17, 15) is 29.8 Å². The molecule has 4 N–H and O–H groups in total. The highest BCUT2D eigenvalue weighted by atomic mass is 16.6. The van der Waals surface area contributed by atoms with Crippen LogP contribution in [0.1, 0.15) is 19.6 Å². The normalized spacial score (nSPS) is 23.4. The summed E-state index contributed by atoms with van der Waals surface area (Å²) in [6.07, 6.45) is -5.50. The number of aliphatic hydroxyl groups is 2. The highest BCUT2D eigenvalue weighted by Crippen LogP contribution is 2.28. The topological polar surface area (TPSA) is 194 Å². The summed E-state index contributed by atoms with van der Waals surface area (Å²) < 4.78 is 10.8. The summed E-state index contributed by atoms with van der Waals surface area (Å²) in [6.45, 7) is 1.28. The molecule has 0 radical (unpaired) electrons. The second kappa shape index (κ2) is 8.93. The molecule has 15 heteroatoms. The lowest BCUT2D eigenvalue weighted by molar-refractivity contribution is -0.147. The van der Waals surface area contributed by atoms with Gasteiger partial charge in [-0.1, -0.05) is 10.1 Å². The van der Waals surface area contributed by atoms with Crippen LogP contribution in [0.25, 0.3) is 11.0 Å². The Balaban J connectivity index is 1.86. The average molecular weight is 441 g/mol. The summed E-state index contributed by atoms with van der Waals surface area (Å²) in [6, 6.07) is 0. The first-order valence-corrected chi connectivity index (χ1v) is 9.27. The molecule has 1 aliphatic heterocycles. The summed E-state index contributed by atoms with van der Waals surface area (Å²) in [4.78, 5) is 37.9. The molecule has 4 unspecified atom stereocenters. The predicted molar refractivity (Wildman–Crippen MR) is 101 cm³/mol. The zero-order valence-corrected chi connectivity index (χ0v) is 17.0. The lowest BCUT2D eigenvalue weighted by atomic mass is 10.1. The number of hydrogen-bond acceptors (Lipinski definition) is 12. The molecule has 1 saturated heterocycles. The first kappa shape index (κ1) is 22.5. The van der Waals surface area contributed by atoms with E-state index in [1.54, 1.807) is 19.0 Å². The first-order valence-electron chi connectivity index (χ1n) is 9.27. The van der Waals surface area contributed by atoms with Gasteiger partial charge in [-0.25, -0.2) is 0 Å². The van der Waals surface area contributed by atoms with Crippen molar-refractivity contribution in [1.82, 2.24) is 29.8 Å². The predicted octanol–water partition coefficient (Wildman–Crippen LogP) is -2.70. The van der Waals surface area contributed by atoms with Crippen LogP contribution < -0.4 is 10.9 Å². The van der Waals surface area contributed by atoms with Gasteiger partial charge in [-0.2, -0.15) is 4.68 Å². The van der Waals surface area contributed by atoms with Gasteiger partial charge in [0.05, 0.1) is 0 Å². The molecule has 15 nitrogen and oxygen atoms in total. The Morgan fingerprint density at radius 3 is 2.65 bits per heavy atom. The van der Waals surface area contributed by atoms with Gasteiger partial charge in [0.15, 0.2) is 23.1 Å². The van der Waals surface area contributed by atoms with Gasteiger partial charge in [-0.3, -0.25) is 14.4 Å². The largest absolute Gasteiger partial charge is 0.463 e. The molecule has 170 valence electrons. The van der Waals surface area contributed by atoms with Crippen molar-refractivity contribution in [3.05, 3.63) is 10.4 Å². The second-order valence-corrected chi connectivity index (χ2v) is 7.22. The smallest absolute Gasteiger partial charge is 0.302 e. The lowest BCUT2D eigenvalue weighted by Crippen LogP contribution is -2.37. The highest BCUT2D eigenvalue weighted by Gasteiger charge is 2.45. The van der Waals surface area contributed by atoms with E-state index < -0.39 is 47.5 Å². The number of nitrogens with one attached hydrogen (secondary N) is 1. The maximum atomic E-state index is 12.8. The molecule has 3 heterocycles. The van der Waals surface area contributed by atoms with Crippen molar-refractivity contribution in [2.45, 2.75) is 37.9 Å². The van der Waals surface area contributed by atoms with Crippen LogP contribution in [0.3, 0.4) is 0 Å². The summed E-state index contributed by atoms with van der Waals surface area (Å²) in [5.41, 5.74) is -1.55. The third kappa shape index (κ3) is 4.63. The Kier molecular flexibility index (Phi) is 6.49. The van der Waals surface area contributed by atoms with Crippen LogP contribution in [0.5, 0.6) is 0 Å². The van der Waals surface area contributed by atoms with E-state index in [2.05, 4.69) is 20.7 Å². The second-order valence-electron chi connectivity index (χ2n) is 7.22. The molecule has 0 saturated carbocycles. The number of nitrogens with zero attached hydrogens (tertiary/aromatic N) is 6. The number of amides is 1. The molecule has 1 aliphatic rings. The zero-order valence-electron chi connectivity index (χ0n) is 17.0. The summed E-state index contributed by atoms with van der Waals surface area (Å²) >= 11 is 0. The van der Waals surface area contributed by atoms with Crippen LogP contribution in [-0.2, 0) is 19.1 Å². The molecule has 1 amide bonds. The van der Waals surface area contributed by atoms with Gasteiger partial charge in [0.1, 0.15) is 24.9 Å². The van der Waals surface area contributed by atoms with Crippen LogP contribution in [0.2, 0.25) is 0 Å². The van der Waals surface area contributed by atoms with Crippen LogP contribution in [0.15, 0.2) is 4.79 Å². The van der Waals surface area contributed by atoms with Crippen molar-refractivity contribution in [3.63, 3.8) is 0 Å². The van der Waals surface area contributed by atoms with Crippen molar-refractivity contribution in [3.8, 4) is 0 Å². The monoisotopic (exact) mass is 441 g/mol. The molecule has 2 aromatic rings. The van der Waals surface area contributed by atoms with Crippen molar-refractivity contribution >= 4 is 28.7 Å². The highest BCUT2D eigenvalue weighted by molar-refractivity contribution is 5.97. The third-order valence-electron chi connectivity index (χ3n) is 4.57. The molecule has 0 bridgehead atoms. The number of fused-ring (bicyclic) bond motifs is 1. The molecule has 4 atom stereocenters. The number of aliphatic hydroxyl groups excluding tert-OH is 2. The molecule has 0 spiro atoms. The van der Waals surface area contributed by atoms with Crippen LogP contribution in [-0.4, -0.2) is 103 Å². The van der Waals surface area contributed by atoms with Crippen molar-refractivity contribution in [2.75, 3.05) is 32.6 Å². The minimum Gasteiger partial charge on any atom is -0.463 e. The van der Waals surface area contributed by atoms with Gasteiger partial charge in [0.25, 0.3) is 0 Å². The van der Waals surface area contributed by atoms with Gasteiger partial charge in [0.2, 0.25) is 5.91 Å². The number of aromatic nitrogens is 5. The maximum absolute atomic E-state index is 12.8. The fourth-order valence-corrected chi connectivity index (χ4v) is 2.96. The van der Waals surface area contributed by atoms with Gasteiger partial charge < -0.3 is 35.1 Å². The SMILES string of the molecule is CC(=O)OCC1OC(n2nnc3c(NC(=O)CCN(C)C)nn(O)c3c2=O)C(O)C1O. The lowest BCUT2D eigenvalue weighted by Gasteiger charge is -2.15. The van der Waals surface area contributed by atoms with Gasteiger partial charge in [-0.05, 0) is 14.1 Å². The van der Waals surface area contributed by atoms with Gasteiger partial charge >= 0.3 is 11.5 Å². The summed E-state index contributed by atoms with van der Waals surface area (Å²) in [7, 11) is 3.60. The Bertz CT molecular complexity index is 1030. The maximum Gasteiger partial charge on any atom is 0.302 e. The number of rotatable bonds is 7. The van der Waals surface area contributed by atoms with Crippen molar-refractivity contribution < 1.29 is 34.5 Å². The molecular weight excluding hydrogens is 418 g/mol. The summed E-state index contributed by atoms with van der Waals surface area (Å²) in [5, 5.41) is 44.0. The van der Waals surface area contributed by atoms with E-state index in [-0.39, 0.29) is 29.2 Å². The standard InChI is InChI=1S/C16H23N7O8/c1-7(24)30-6-8-12(26)13(27)16(31-8)22-15(28)11-10(18-20-22)14(19-23(11)29)17-9(25)4-5-21(2)3/h8,12-13,16,26-27,29H,4-6H2,1-3H3,(H,17,19,25). The molecule has 2 aromatic heterocycles. The number of carbonyl (C=O) groups excluding carboxylic acids is 2. The fourth-order valence-electron chi connectivity index (χ4n) is 2.96. The van der Waals surface area contributed by atoms with Gasteiger partial charge in [-0.15, -0.1) is 10.2 Å². The molecule has 3 rings (SSSR count). The Morgan fingerprint density at radius 1 is 1.29 bits per heavy atom. The quantitative estimate of drug-likeness (QED) is 0.257. The molecule has 0 aromatic carbocycles. The van der Waals surface area contributed by atoms with Crippen LogP contribution in [0, 0.1) is 0 Å². The van der Waals surface area contributed by atoms with E-state index >= 15 is 0 Å². The third-order valence-corrected chi connectivity index (χ3v) is 4.57. The number of ether oxygens (including phenoxy) is 2. The van der Waals surface area contributed by atoms with Gasteiger partial charge in [0, 0.05) is 19.9 Å². The zero-order chi connectivity index (χ0) is 22.9. The number of carbonyl (C=O) groups is 2. The van der Waals surface area contributed by atoms with E-state index in [1.807, 2.05) is 0 Å². The van der Waals surface area contributed by atoms with E-state index in [4.69, 9.17) is 9.47 Å². The average Bonchev–Trinajstić information content (AvgIpc) is 3.16. The molecule has 1 fully saturated rings. The fraction of sp³-hybridized carbons (Fsp3) is 0.625. The van der Waals surface area contributed by atoms with Crippen molar-refractivity contribution in [2.24, 2.45) is 0 Å². The van der Waals surface area contributed by atoms with Crippen LogP contribution in [0.4, 0.5) is 5.82 Å². The number of esters is 1. The minimum absolute atomic E-state index is 0.140. The van der Waals surface area contributed by atoms with E-state index in [1.165, 1.54) is 6.92 Å². The Hall–Kier alpha value is -3.14. The minimum atomic E-state index is -1.59. The molecular formula is C16H23N7O8. The molecule has 0 aliphatic carbocycles. The first-order chi connectivity index (χ1) is 14.6. The van der Waals surface area contributed by atoms with E-state index in [0.717, 1.165) is 0 Å².